The van der Waals surface area contributed by atoms with E-state index in [9.17, 15) is 4.79 Å². The molecule has 0 aliphatic carbocycles. The van der Waals surface area contributed by atoms with Gasteiger partial charge in [-0.1, -0.05) is 12.1 Å². The predicted octanol–water partition coefficient (Wildman–Crippen LogP) is 4.21. The smallest absolute Gasteiger partial charge is 0.254 e. The van der Waals surface area contributed by atoms with Gasteiger partial charge in [-0.15, -0.1) is 0 Å². The summed E-state index contributed by atoms with van der Waals surface area (Å²) in [5, 5.41) is 0. The first-order valence-corrected chi connectivity index (χ1v) is 11.0. The molecule has 1 amide bonds. The van der Waals surface area contributed by atoms with E-state index in [4.69, 9.17) is 14.2 Å². The lowest BCUT2D eigenvalue weighted by atomic mass is 10.1. The molecule has 0 saturated carbocycles. The Bertz CT molecular complexity index is 857. The molecule has 1 aliphatic heterocycles. The van der Waals surface area contributed by atoms with Crippen molar-refractivity contribution >= 4 is 21.8 Å². The SMILES string of the molecule is CCOc1c(Br)cc(C(=O)N2CCCN(Cc3ccc(OC)cc3)CC2)cc1OC. The van der Waals surface area contributed by atoms with Crippen molar-refractivity contribution in [2.24, 2.45) is 0 Å². The van der Waals surface area contributed by atoms with Crippen LogP contribution in [0.3, 0.4) is 0 Å². The summed E-state index contributed by atoms with van der Waals surface area (Å²) in [5.41, 5.74) is 1.85. The third-order valence-corrected chi connectivity index (χ3v) is 5.80. The number of methoxy groups -OCH3 is 2. The first kappa shape index (κ1) is 22.4. The Morgan fingerprint density at radius 3 is 2.47 bits per heavy atom. The quantitative estimate of drug-likeness (QED) is 0.598. The highest BCUT2D eigenvalue weighted by molar-refractivity contribution is 9.10. The zero-order valence-electron chi connectivity index (χ0n) is 17.8. The number of hydrogen-bond acceptors (Lipinski definition) is 5. The van der Waals surface area contributed by atoms with E-state index >= 15 is 0 Å². The van der Waals surface area contributed by atoms with Crippen molar-refractivity contribution in [3.05, 3.63) is 52.0 Å². The summed E-state index contributed by atoms with van der Waals surface area (Å²) < 4.78 is 17.0. The number of hydrogen-bond donors (Lipinski definition) is 0. The van der Waals surface area contributed by atoms with Crippen LogP contribution in [0.2, 0.25) is 0 Å². The van der Waals surface area contributed by atoms with E-state index in [1.807, 2.05) is 30.0 Å². The van der Waals surface area contributed by atoms with E-state index < -0.39 is 0 Å². The highest BCUT2D eigenvalue weighted by Crippen LogP contribution is 2.37. The Hall–Kier alpha value is -2.25. The average Bonchev–Trinajstić information content (AvgIpc) is 3.00. The molecule has 0 radical (unpaired) electrons. The fourth-order valence-corrected chi connectivity index (χ4v) is 4.19. The minimum absolute atomic E-state index is 0.0170. The van der Waals surface area contributed by atoms with Crippen LogP contribution in [-0.2, 0) is 6.54 Å². The van der Waals surface area contributed by atoms with Gasteiger partial charge in [-0.2, -0.15) is 0 Å². The maximum Gasteiger partial charge on any atom is 0.254 e. The summed E-state index contributed by atoms with van der Waals surface area (Å²) in [4.78, 5) is 17.5. The summed E-state index contributed by atoms with van der Waals surface area (Å²) in [7, 11) is 3.26. The molecule has 1 aliphatic rings. The van der Waals surface area contributed by atoms with Gasteiger partial charge in [0, 0.05) is 38.3 Å². The van der Waals surface area contributed by atoms with Crippen LogP contribution >= 0.6 is 15.9 Å². The summed E-state index contributed by atoms with van der Waals surface area (Å²) in [6, 6.07) is 11.7. The lowest BCUT2D eigenvalue weighted by molar-refractivity contribution is 0.0760. The van der Waals surface area contributed by atoms with E-state index in [-0.39, 0.29) is 5.91 Å². The highest BCUT2D eigenvalue weighted by Gasteiger charge is 2.23. The highest BCUT2D eigenvalue weighted by atomic mass is 79.9. The Morgan fingerprint density at radius 2 is 1.80 bits per heavy atom. The van der Waals surface area contributed by atoms with Crippen LogP contribution in [0.15, 0.2) is 40.9 Å². The van der Waals surface area contributed by atoms with Crippen LogP contribution in [0.5, 0.6) is 17.2 Å². The monoisotopic (exact) mass is 476 g/mol. The maximum atomic E-state index is 13.2. The summed E-state index contributed by atoms with van der Waals surface area (Å²) >= 11 is 3.51. The summed E-state index contributed by atoms with van der Waals surface area (Å²) in [6.07, 6.45) is 0.942. The predicted molar refractivity (Wildman–Crippen MR) is 121 cm³/mol. The number of ether oxygens (including phenoxy) is 3. The Morgan fingerprint density at radius 1 is 1.03 bits per heavy atom. The topological polar surface area (TPSA) is 51.2 Å². The maximum absolute atomic E-state index is 13.2. The van der Waals surface area contributed by atoms with Crippen LogP contribution < -0.4 is 14.2 Å². The van der Waals surface area contributed by atoms with Gasteiger partial charge in [-0.05, 0) is 59.1 Å². The van der Waals surface area contributed by atoms with E-state index in [0.717, 1.165) is 42.8 Å². The molecular weight excluding hydrogens is 448 g/mol. The molecule has 0 atom stereocenters. The molecule has 1 fully saturated rings. The number of amides is 1. The molecular formula is C23H29BrN2O4. The Balaban J connectivity index is 1.65. The van der Waals surface area contributed by atoms with Crippen LogP contribution in [0.1, 0.15) is 29.3 Å². The fourth-order valence-electron chi connectivity index (χ4n) is 3.63. The molecule has 2 aromatic rings. The lowest BCUT2D eigenvalue weighted by Gasteiger charge is -2.23. The van der Waals surface area contributed by atoms with Crippen molar-refractivity contribution < 1.29 is 19.0 Å². The zero-order chi connectivity index (χ0) is 21.5. The molecule has 0 unspecified atom stereocenters. The molecule has 30 heavy (non-hydrogen) atoms. The van der Waals surface area contributed by atoms with Gasteiger partial charge < -0.3 is 19.1 Å². The molecule has 0 N–H and O–H groups in total. The molecule has 1 heterocycles. The summed E-state index contributed by atoms with van der Waals surface area (Å²) in [6.45, 7) is 6.55. The number of carbonyl (C=O) groups excluding carboxylic acids is 1. The van der Waals surface area contributed by atoms with Crippen molar-refractivity contribution in [3.63, 3.8) is 0 Å². The Kier molecular flexibility index (Phi) is 7.99. The van der Waals surface area contributed by atoms with Crippen molar-refractivity contribution in [3.8, 4) is 17.2 Å². The second-order valence-electron chi connectivity index (χ2n) is 7.19. The van der Waals surface area contributed by atoms with Crippen LogP contribution in [-0.4, -0.2) is 62.7 Å². The average molecular weight is 477 g/mol. The van der Waals surface area contributed by atoms with E-state index in [2.05, 4.69) is 33.0 Å². The molecule has 3 rings (SSSR count). The second kappa shape index (κ2) is 10.7. The van der Waals surface area contributed by atoms with Crippen molar-refractivity contribution in [1.82, 2.24) is 9.80 Å². The number of nitrogens with zero attached hydrogens (tertiary/aromatic N) is 2. The lowest BCUT2D eigenvalue weighted by Crippen LogP contribution is -2.35. The normalized spacial score (nSPS) is 14.9. The number of halogens is 1. The first-order valence-electron chi connectivity index (χ1n) is 10.2. The van der Waals surface area contributed by atoms with Gasteiger partial charge in [-0.3, -0.25) is 9.69 Å². The van der Waals surface area contributed by atoms with Crippen LogP contribution in [0.4, 0.5) is 0 Å². The number of carbonyl (C=O) groups is 1. The molecule has 0 bridgehead atoms. The third-order valence-electron chi connectivity index (χ3n) is 5.21. The van der Waals surface area contributed by atoms with Crippen LogP contribution in [0, 0.1) is 0 Å². The fraction of sp³-hybridized carbons (Fsp3) is 0.435. The van der Waals surface area contributed by atoms with Crippen molar-refractivity contribution in [1.29, 1.82) is 0 Å². The minimum atomic E-state index is 0.0170. The Labute approximate surface area is 186 Å². The van der Waals surface area contributed by atoms with Gasteiger partial charge in [0.05, 0.1) is 25.3 Å². The van der Waals surface area contributed by atoms with Gasteiger partial charge in [-0.25, -0.2) is 0 Å². The molecule has 162 valence electrons. The molecule has 6 nitrogen and oxygen atoms in total. The van der Waals surface area contributed by atoms with E-state index in [1.54, 1.807) is 20.3 Å². The molecule has 7 heteroatoms. The molecule has 1 saturated heterocycles. The molecule has 2 aromatic carbocycles. The van der Waals surface area contributed by atoms with Gasteiger partial charge in [0.15, 0.2) is 11.5 Å². The van der Waals surface area contributed by atoms with Crippen molar-refractivity contribution in [2.45, 2.75) is 19.9 Å². The van der Waals surface area contributed by atoms with Gasteiger partial charge in [0.1, 0.15) is 5.75 Å². The van der Waals surface area contributed by atoms with E-state index in [1.165, 1.54) is 5.56 Å². The number of rotatable bonds is 7. The van der Waals surface area contributed by atoms with E-state index in [0.29, 0.717) is 30.2 Å². The third kappa shape index (κ3) is 5.46. The zero-order valence-corrected chi connectivity index (χ0v) is 19.4. The standard InChI is InChI=1S/C23H29BrN2O4/c1-4-30-22-20(24)14-18(15-21(22)29-3)23(27)26-11-5-10-25(12-13-26)16-17-6-8-19(28-2)9-7-17/h6-9,14-15H,4-5,10-13,16H2,1-3H3. The van der Waals surface area contributed by atoms with Gasteiger partial charge in [0.2, 0.25) is 0 Å². The number of benzene rings is 2. The van der Waals surface area contributed by atoms with Crippen molar-refractivity contribution in [2.75, 3.05) is 47.0 Å². The largest absolute Gasteiger partial charge is 0.497 e. The summed E-state index contributed by atoms with van der Waals surface area (Å²) in [5.74, 6) is 2.07. The second-order valence-corrected chi connectivity index (χ2v) is 8.05. The first-order chi connectivity index (χ1) is 14.5. The minimum Gasteiger partial charge on any atom is -0.497 e. The van der Waals surface area contributed by atoms with Gasteiger partial charge in [0.25, 0.3) is 5.91 Å². The van der Waals surface area contributed by atoms with Gasteiger partial charge >= 0.3 is 0 Å². The van der Waals surface area contributed by atoms with Crippen LogP contribution in [0.25, 0.3) is 0 Å². The molecule has 0 aromatic heterocycles. The molecule has 0 spiro atoms.